The fraction of sp³-hybridized carbons (Fsp3) is 0.278. The van der Waals surface area contributed by atoms with Gasteiger partial charge in [0.05, 0.1) is 23.9 Å². The molecule has 0 N–H and O–H groups in total. The van der Waals surface area contributed by atoms with Crippen molar-refractivity contribution in [3.8, 4) is 5.88 Å². The molecule has 0 bridgehead atoms. The van der Waals surface area contributed by atoms with E-state index in [1.165, 1.54) is 0 Å². The molecule has 6 heteroatoms. The highest BCUT2D eigenvalue weighted by Gasteiger charge is 2.28. The lowest BCUT2D eigenvalue weighted by molar-refractivity contribution is -0.131. The van der Waals surface area contributed by atoms with Crippen molar-refractivity contribution in [1.29, 1.82) is 0 Å². The Bertz CT molecular complexity index is 846. The number of carbonyl (C=O) groups is 1. The molecule has 1 fully saturated rings. The number of benzene rings is 1. The first-order chi connectivity index (χ1) is 11.8. The number of para-hydroxylation sites is 2. The van der Waals surface area contributed by atoms with E-state index in [2.05, 4.69) is 9.97 Å². The zero-order chi connectivity index (χ0) is 16.4. The zero-order valence-corrected chi connectivity index (χ0v) is 13.2. The van der Waals surface area contributed by atoms with Gasteiger partial charge in [-0.3, -0.25) is 4.79 Å². The molecular weight excluding hydrogens is 304 g/mol. The molecule has 1 atom stereocenters. The first-order valence-corrected chi connectivity index (χ1v) is 8.05. The number of aromatic nitrogens is 3. The van der Waals surface area contributed by atoms with Gasteiger partial charge in [-0.1, -0.05) is 18.2 Å². The van der Waals surface area contributed by atoms with Crippen LogP contribution in [0.1, 0.15) is 6.42 Å². The van der Waals surface area contributed by atoms with Crippen molar-refractivity contribution in [1.82, 2.24) is 19.4 Å². The summed E-state index contributed by atoms with van der Waals surface area (Å²) in [7, 11) is 0. The predicted molar refractivity (Wildman–Crippen MR) is 89.6 cm³/mol. The molecule has 4 rings (SSSR count). The Labute approximate surface area is 139 Å². The van der Waals surface area contributed by atoms with E-state index in [-0.39, 0.29) is 12.0 Å². The minimum absolute atomic E-state index is 0.00313. The summed E-state index contributed by atoms with van der Waals surface area (Å²) in [5, 5.41) is 0. The van der Waals surface area contributed by atoms with Gasteiger partial charge in [-0.15, -0.1) is 0 Å². The molecule has 1 saturated heterocycles. The number of likely N-dealkylation sites (tertiary alicyclic amines) is 1. The summed E-state index contributed by atoms with van der Waals surface area (Å²) in [4.78, 5) is 22.9. The van der Waals surface area contributed by atoms with Crippen LogP contribution in [0.4, 0.5) is 0 Å². The number of pyridine rings is 1. The number of hydrogen-bond acceptors (Lipinski definition) is 4. The van der Waals surface area contributed by atoms with Crippen molar-refractivity contribution in [3.63, 3.8) is 0 Å². The second kappa shape index (κ2) is 6.31. The molecule has 0 spiro atoms. The number of amides is 1. The van der Waals surface area contributed by atoms with Crippen molar-refractivity contribution in [2.45, 2.75) is 19.1 Å². The third kappa shape index (κ3) is 2.95. The number of rotatable bonds is 4. The third-order valence-electron chi connectivity index (χ3n) is 4.26. The average molecular weight is 322 g/mol. The lowest BCUT2D eigenvalue weighted by Crippen LogP contribution is -2.33. The number of imidazole rings is 1. The van der Waals surface area contributed by atoms with Gasteiger partial charge in [0.15, 0.2) is 0 Å². The Morgan fingerprint density at radius 2 is 2.04 bits per heavy atom. The zero-order valence-electron chi connectivity index (χ0n) is 13.2. The van der Waals surface area contributed by atoms with Gasteiger partial charge in [0.2, 0.25) is 11.8 Å². The SMILES string of the molecule is O=C(Cn1cnc2ccccc21)N1CCC(Oc2ccccn2)C1. The van der Waals surface area contributed by atoms with E-state index in [0.717, 1.165) is 17.5 Å². The maximum Gasteiger partial charge on any atom is 0.242 e. The van der Waals surface area contributed by atoms with E-state index in [1.54, 1.807) is 12.5 Å². The highest BCUT2D eigenvalue weighted by molar-refractivity contribution is 5.80. The van der Waals surface area contributed by atoms with Gasteiger partial charge in [-0.25, -0.2) is 9.97 Å². The summed E-state index contributed by atoms with van der Waals surface area (Å²) >= 11 is 0. The Morgan fingerprint density at radius 1 is 1.17 bits per heavy atom. The highest BCUT2D eigenvalue weighted by atomic mass is 16.5. The number of fused-ring (bicyclic) bond motifs is 1. The topological polar surface area (TPSA) is 60.2 Å². The fourth-order valence-electron chi connectivity index (χ4n) is 3.02. The van der Waals surface area contributed by atoms with Crippen molar-refractivity contribution >= 4 is 16.9 Å². The van der Waals surface area contributed by atoms with Crippen LogP contribution in [0, 0.1) is 0 Å². The molecule has 122 valence electrons. The van der Waals surface area contributed by atoms with E-state index in [9.17, 15) is 4.79 Å². The van der Waals surface area contributed by atoms with Crippen molar-refractivity contribution < 1.29 is 9.53 Å². The Kier molecular flexibility index (Phi) is 3.86. The lowest BCUT2D eigenvalue weighted by atomic mass is 10.3. The van der Waals surface area contributed by atoms with E-state index >= 15 is 0 Å². The monoisotopic (exact) mass is 322 g/mol. The van der Waals surface area contributed by atoms with Crippen LogP contribution in [-0.4, -0.2) is 44.5 Å². The predicted octanol–water partition coefficient (Wildman–Crippen LogP) is 2.11. The average Bonchev–Trinajstić information content (AvgIpc) is 3.24. The van der Waals surface area contributed by atoms with E-state index < -0.39 is 0 Å². The van der Waals surface area contributed by atoms with Crippen molar-refractivity contribution in [3.05, 3.63) is 55.0 Å². The van der Waals surface area contributed by atoms with Crippen LogP contribution in [0.5, 0.6) is 5.88 Å². The Hall–Kier alpha value is -2.89. The van der Waals surface area contributed by atoms with Gasteiger partial charge < -0.3 is 14.2 Å². The summed E-state index contributed by atoms with van der Waals surface area (Å²) in [6.45, 7) is 1.61. The molecule has 3 heterocycles. The van der Waals surface area contributed by atoms with Gasteiger partial charge in [0.1, 0.15) is 12.6 Å². The van der Waals surface area contributed by atoms with E-state index in [1.807, 2.05) is 51.9 Å². The van der Waals surface area contributed by atoms with Gasteiger partial charge in [-0.05, 0) is 18.2 Å². The van der Waals surface area contributed by atoms with Crippen LogP contribution in [0.3, 0.4) is 0 Å². The fourth-order valence-corrected chi connectivity index (χ4v) is 3.02. The second-order valence-electron chi connectivity index (χ2n) is 5.90. The Morgan fingerprint density at radius 3 is 2.92 bits per heavy atom. The van der Waals surface area contributed by atoms with Gasteiger partial charge >= 0.3 is 0 Å². The smallest absolute Gasteiger partial charge is 0.242 e. The van der Waals surface area contributed by atoms with Crippen LogP contribution in [0.2, 0.25) is 0 Å². The van der Waals surface area contributed by atoms with Gasteiger partial charge in [0.25, 0.3) is 0 Å². The van der Waals surface area contributed by atoms with E-state index in [0.29, 0.717) is 25.5 Å². The molecule has 1 amide bonds. The van der Waals surface area contributed by atoms with Crippen molar-refractivity contribution in [2.24, 2.45) is 0 Å². The minimum Gasteiger partial charge on any atom is -0.472 e. The second-order valence-corrected chi connectivity index (χ2v) is 5.90. The minimum atomic E-state index is 0.00313. The van der Waals surface area contributed by atoms with Crippen LogP contribution in [0.25, 0.3) is 11.0 Å². The molecule has 2 aromatic heterocycles. The first kappa shape index (κ1) is 14.7. The van der Waals surface area contributed by atoms with Gasteiger partial charge in [0, 0.05) is 25.2 Å². The molecule has 6 nitrogen and oxygen atoms in total. The molecule has 1 aliphatic heterocycles. The Balaban J connectivity index is 1.39. The van der Waals surface area contributed by atoms with Crippen LogP contribution >= 0.6 is 0 Å². The lowest BCUT2D eigenvalue weighted by Gasteiger charge is -2.17. The summed E-state index contributed by atoms with van der Waals surface area (Å²) in [6.07, 6.45) is 4.26. The van der Waals surface area contributed by atoms with Crippen molar-refractivity contribution in [2.75, 3.05) is 13.1 Å². The maximum absolute atomic E-state index is 12.6. The summed E-state index contributed by atoms with van der Waals surface area (Å²) < 4.78 is 7.73. The first-order valence-electron chi connectivity index (χ1n) is 8.05. The quantitative estimate of drug-likeness (QED) is 0.738. The summed E-state index contributed by atoms with van der Waals surface area (Å²) in [6, 6.07) is 13.4. The molecule has 0 aliphatic carbocycles. The molecule has 24 heavy (non-hydrogen) atoms. The largest absolute Gasteiger partial charge is 0.472 e. The standard InChI is InChI=1S/C18H18N4O2/c23-18(12-22-13-20-15-5-1-2-6-16(15)22)21-10-8-14(11-21)24-17-7-3-4-9-19-17/h1-7,9,13-14H,8,10-12H2. The third-order valence-corrected chi connectivity index (χ3v) is 4.26. The highest BCUT2D eigenvalue weighted by Crippen LogP contribution is 2.17. The molecule has 3 aromatic rings. The molecule has 0 radical (unpaired) electrons. The molecule has 1 aromatic carbocycles. The number of carbonyl (C=O) groups excluding carboxylic acids is 1. The number of nitrogens with zero attached hydrogens (tertiary/aromatic N) is 4. The van der Waals surface area contributed by atoms with Gasteiger partial charge in [-0.2, -0.15) is 0 Å². The van der Waals surface area contributed by atoms with E-state index in [4.69, 9.17) is 4.74 Å². The normalized spacial score (nSPS) is 17.3. The summed E-state index contributed by atoms with van der Waals surface area (Å²) in [5.41, 5.74) is 1.88. The molecule has 1 unspecified atom stereocenters. The van der Waals surface area contributed by atoms with Crippen LogP contribution in [-0.2, 0) is 11.3 Å². The molecule has 1 aliphatic rings. The maximum atomic E-state index is 12.6. The number of hydrogen-bond donors (Lipinski definition) is 0. The van der Waals surface area contributed by atoms with Crippen LogP contribution < -0.4 is 4.74 Å². The molecular formula is C18H18N4O2. The van der Waals surface area contributed by atoms with Crippen LogP contribution in [0.15, 0.2) is 55.0 Å². The number of ether oxygens (including phenoxy) is 1. The molecule has 0 saturated carbocycles. The summed E-state index contributed by atoms with van der Waals surface area (Å²) in [5.74, 6) is 0.697.